The number of nitrogens with zero attached hydrogens (tertiary/aromatic N) is 1. The first-order chi connectivity index (χ1) is 19.0. The number of ether oxygens (including phenoxy) is 2. The van der Waals surface area contributed by atoms with Gasteiger partial charge in [-0.1, -0.05) is 62.0 Å². The van der Waals surface area contributed by atoms with E-state index in [1.807, 2.05) is 6.07 Å². The summed E-state index contributed by atoms with van der Waals surface area (Å²) < 4.78 is 11.8. The van der Waals surface area contributed by atoms with E-state index in [1.54, 1.807) is 0 Å². The van der Waals surface area contributed by atoms with E-state index in [0.717, 1.165) is 43.9 Å². The molecule has 1 unspecified atom stereocenters. The monoisotopic (exact) mass is 565 g/mol. The molecule has 0 heterocycles. The van der Waals surface area contributed by atoms with Crippen molar-refractivity contribution in [2.24, 2.45) is 62.6 Å². The van der Waals surface area contributed by atoms with E-state index in [9.17, 15) is 14.9 Å². The Morgan fingerprint density at radius 1 is 0.829 bits per heavy atom. The van der Waals surface area contributed by atoms with Crippen molar-refractivity contribution in [2.45, 2.75) is 125 Å². The Kier molecular flexibility index (Phi) is 7.16. The summed E-state index contributed by atoms with van der Waals surface area (Å²) in [7, 11) is 1.41. The third-order valence-corrected chi connectivity index (χ3v) is 15.2. The van der Waals surface area contributed by atoms with Gasteiger partial charge in [0.2, 0.25) is 5.60 Å². The van der Waals surface area contributed by atoms with Crippen molar-refractivity contribution in [2.75, 3.05) is 7.11 Å². The molecular formula is C36H55NO4. The van der Waals surface area contributed by atoms with Gasteiger partial charge in [-0.15, -0.1) is 0 Å². The summed E-state index contributed by atoms with van der Waals surface area (Å²) in [5, 5.41) is 9.47. The number of methoxy groups -OCH3 is 1. The highest BCUT2D eigenvalue weighted by atomic mass is 16.6. The average Bonchev–Trinajstić information content (AvgIpc) is 2.92. The summed E-state index contributed by atoms with van der Waals surface area (Å²) in [6.45, 7) is 23.3. The van der Waals surface area contributed by atoms with Crippen molar-refractivity contribution < 1.29 is 19.1 Å². The minimum absolute atomic E-state index is 0.00572. The Bertz CT molecular complexity index is 1170. The second-order valence-electron chi connectivity index (χ2n) is 16.8. The molecule has 5 heteroatoms. The van der Waals surface area contributed by atoms with Gasteiger partial charge in [0.25, 0.3) is 0 Å². The van der Waals surface area contributed by atoms with E-state index in [-0.39, 0.29) is 33.7 Å². The van der Waals surface area contributed by atoms with E-state index >= 15 is 0 Å². The van der Waals surface area contributed by atoms with Crippen LogP contribution >= 0.6 is 0 Å². The fraction of sp³-hybridized carbons (Fsp3) is 0.861. The molecule has 5 fully saturated rings. The maximum Gasteiger partial charge on any atom is 0.350 e. The topological polar surface area (TPSA) is 76.4 Å². The molecule has 5 aliphatic rings. The molecule has 0 aromatic rings. The fourth-order valence-electron chi connectivity index (χ4n) is 12.6. The summed E-state index contributed by atoms with van der Waals surface area (Å²) in [5.74, 6) is 1.97. The Morgan fingerprint density at radius 3 is 2.15 bits per heavy atom. The Hall–Kier alpha value is -1.83. The largest absolute Gasteiger partial charge is 0.466 e. The molecule has 0 spiro atoms. The number of carbonyl (C=O) groups excluding carboxylic acids is 2. The summed E-state index contributed by atoms with van der Waals surface area (Å²) >= 11 is 0. The van der Waals surface area contributed by atoms with Crippen LogP contribution in [0.3, 0.4) is 0 Å². The van der Waals surface area contributed by atoms with Crippen LogP contribution < -0.4 is 0 Å². The van der Waals surface area contributed by atoms with Gasteiger partial charge in [-0.05, 0) is 121 Å². The fourth-order valence-corrected chi connectivity index (χ4v) is 12.6. The van der Waals surface area contributed by atoms with Crippen LogP contribution in [0.4, 0.5) is 0 Å². The Morgan fingerprint density at radius 2 is 1.51 bits per heavy atom. The highest BCUT2D eigenvalue weighted by Crippen LogP contribution is 2.78. The molecule has 5 rings (SSSR count). The molecule has 0 bridgehead atoms. The van der Waals surface area contributed by atoms with E-state index in [2.05, 4.69) is 62.0 Å². The summed E-state index contributed by atoms with van der Waals surface area (Å²) in [4.78, 5) is 27.3. The van der Waals surface area contributed by atoms with E-state index < -0.39 is 23.0 Å². The minimum atomic E-state index is -1.44. The van der Waals surface area contributed by atoms with Gasteiger partial charge in [0.1, 0.15) is 11.6 Å². The van der Waals surface area contributed by atoms with Crippen LogP contribution in [0.5, 0.6) is 0 Å². The molecule has 0 aromatic carbocycles. The number of rotatable bonds is 3. The van der Waals surface area contributed by atoms with Gasteiger partial charge in [-0.2, -0.15) is 5.26 Å². The molecule has 41 heavy (non-hydrogen) atoms. The normalized spacial score (nSPS) is 50.0. The first-order valence-corrected chi connectivity index (χ1v) is 16.4. The SMILES string of the molecule is C=C(C#N)C(=O)OC1(C(=O)OC)CCC(C)(C)[C@@H]2CC[C@]3(C)[C@H](CC[C@@H]4[C@@H]5[C@@H](C)[C@H](C)CC[C@]5(C)CC[C@]43C)[C@]21C. The van der Waals surface area contributed by atoms with Crippen molar-refractivity contribution in [1.29, 1.82) is 5.26 Å². The molecule has 0 aromatic heterocycles. The van der Waals surface area contributed by atoms with Gasteiger partial charge < -0.3 is 9.47 Å². The van der Waals surface area contributed by atoms with Crippen molar-refractivity contribution >= 4 is 11.9 Å². The number of nitriles is 1. The quantitative estimate of drug-likeness (QED) is 0.195. The third-order valence-electron chi connectivity index (χ3n) is 15.2. The number of hydrogen-bond donors (Lipinski definition) is 0. The lowest BCUT2D eigenvalue weighted by molar-refractivity contribution is -0.294. The number of carbonyl (C=O) groups is 2. The zero-order valence-electron chi connectivity index (χ0n) is 27.3. The molecule has 0 saturated heterocycles. The first-order valence-electron chi connectivity index (χ1n) is 16.4. The maximum atomic E-state index is 14.0. The zero-order chi connectivity index (χ0) is 30.4. The molecule has 5 saturated carbocycles. The third kappa shape index (κ3) is 3.83. The van der Waals surface area contributed by atoms with Crippen LogP contribution in [-0.2, 0) is 19.1 Å². The Labute approximate surface area is 249 Å². The van der Waals surface area contributed by atoms with Gasteiger partial charge in [0.05, 0.1) is 7.11 Å². The first kappa shape index (κ1) is 30.6. The van der Waals surface area contributed by atoms with E-state index in [4.69, 9.17) is 9.47 Å². The molecule has 0 radical (unpaired) electrons. The molecular weight excluding hydrogens is 510 g/mol. The second-order valence-corrected chi connectivity index (χ2v) is 16.8. The maximum absolute atomic E-state index is 14.0. The van der Waals surface area contributed by atoms with Gasteiger partial charge in [0, 0.05) is 5.41 Å². The van der Waals surface area contributed by atoms with Crippen molar-refractivity contribution in [1.82, 2.24) is 0 Å². The van der Waals surface area contributed by atoms with Crippen molar-refractivity contribution in [3.63, 3.8) is 0 Å². The molecule has 0 N–H and O–H groups in total. The minimum Gasteiger partial charge on any atom is -0.466 e. The lowest BCUT2D eigenvalue weighted by atomic mass is 9.30. The van der Waals surface area contributed by atoms with Crippen LogP contribution in [-0.4, -0.2) is 24.6 Å². The number of esters is 2. The summed E-state index contributed by atoms with van der Waals surface area (Å²) in [5.41, 5.74) is -1.79. The smallest absolute Gasteiger partial charge is 0.350 e. The zero-order valence-corrected chi connectivity index (χ0v) is 27.3. The average molecular weight is 566 g/mol. The molecule has 228 valence electrons. The molecule has 0 amide bonds. The molecule has 11 atom stereocenters. The lowest BCUT2D eigenvalue weighted by Gasteiger charge is -2.75. The van der Waals surface area contributed by atoms with Gasteiger partial charge >= 0.3 is 11.9 Å². The highest BCUT2D eigenvalue weighted by molar-refractivity contribution is 5.95. The van der Waals surface area contributed by atoms with Crippen LogP contribution in [0, 0.1) is 73.9 Å². The highest BCUT2D eigenvalue weighted by Gasteiger charge is 2.76. The summed E-state index contributed by atoms with van der Waals surface area (Å²) in [6, 6.07) is 1.85. The predicted octanol–water partition coefficient (Wildman–Crippen LogP) is 8.28. The number of hydrogen-bond acceptors (Lipinski definition) is 5. The van der Waals surface area contributed by atoms with Gasteiger partial charge in [0.15, 0.2) is 0 Å². The Balaban J connectivity index is 1.66. The van der Waals surface area contributed by atoms with Crippen LogP contribution in [0.2, 0.25) is 0 Å². The van der Waals surface area contributed by atoms with Crippen molar-refractivity contribution in [3.8, 4) is 6.07 Å². The molecule has 5 aliphatic carbocycles. The molecule has 5 nitrogen and oxygen atoms in total. The predicted molar refractivity (Wildman–Crippen MR) is 160 cm³/mol. The second kappa shape index (κ2) is 9.59. The number of fused-ring (bicyclic) bond motifs is 7. The van der Waals surface area contributed by atoms with E-state index in [1.165, 1.54) is 32.8 Å². The molecule has 0 aliphatic heterocycles. The van der Waals surface area contributed by atoms with Crippen LogP contribution in [0.1, 0.15) is 120 Å². The lowest BCUT2D eigenvalue weighted by Crippen LogP contribution is -2.74. The van der Waals surface area contributed by atoms with Gasteiger partial charge in [-0.25, -0.2) is 9.59 Å². The van der Waals surface area contributed by atoms with Crippen LogP contribution in [0.15, 0.2) is 12.2 Å². The standard InChI is InChI=1S/C36H55NO4/c1-22-13-15-32(6)18-19-33(7)25(28(32)24(22)3)11-12-27-34(33,8)16-14-26-31(4,5)17-20-36(30(39)40-10,35(26,27)9)41-29(38)23(2)21-37/h22,24-28H,2,11-20H2,1,3-10H3/t22-,24+,25-,26+,27+,28+,32-,33-,34-,35+,36?/m1/s1. The van der Waals surface area contributed by atoms with Crippen molar-refractivity contribution in [3.05, 3.63) is 12.2 Å². The van der Waals surface area contributed by atoms with E-state index in [0.29, 0.717) is 23.7 Å². The van der Waals surface area contributed by atoms with Crippen LogP contribution in [0.25, 0.3) is 0 Å². The summed E-state index contributed by atoms with van der Waals surface area (Å²) in [6.07, 6.45) is 10.7. The van der Waals surface area contributed by atoms with Gasteiger partial charge in [-0.3, -0.25) is 0 Å².